The van der Waals surface area contributed by atoms with Crippen LogP contribution in [0.2, 0.25) is 5.02 Å². The van der Waals surface area contributed by atoms with Gasteiger partial charge in [-0.2, -0.15) is 0 Å². The third-order valence-corrected chi connectivity index (χ3v) is 4.04. The van der Waals surface area contributed by atoms with Crippen molar-refractivity contribution >= 4 is 21.6 Å². The molecular weight excluding hydrogens is 314 g/mol. The van der Waals surface area contributed by atoms with Crippen LogP contribution in [-0.2, 0) is 27.0 Å². The van der Waals surface area contributed by atoms with Crippen LogP contribution in [0.5, 0.6) is 0 Å². The van der Waals surface area contributed by atoms with Gasteiger partial charge in [0, 0.05) is 11.4 Å². The van der Waals surface area contributed by atoms with E-state index in [4.69, 9.17) is 20.9 Å². The van der Waals surface area contributed by atoms with Gasteiger partial charge in [0.2, 0.25) is 10.0 Å². The average molecular weight is 330 g/mol. The Hall–Kier alpha value is -1.34. The molecule has 1 aromatic heterocycles. The van der Waals surface area contributed by atoms with Crippen molar-refractivity contribution in [3.63, 3.8) is 0 Å². The molecule has 5 nitrogen and oxygen atoms in total. The highest BCUT2D eigenvalue weighted by Gasteiger charge is 2.11. The topological polar surface area (TPSA) is 68.5 Å². The fourth-order valence-electron chi connectivity index (χ4n) is 1.73. The van der Waals surface area contributed by atoms with E-state index in [2.05, 4.69) is 4.89 Å². The summed E-state index contributed by atoms with van der Waals surface area (Å²) in [4.78, 5) is 7.10. The number of halogens is 1. The zero-order chi connectivity index (χ0) is 15.1. The van der Waals surface area contributed by atoms with Gasteiger partial charge in [-0.1, -0.05) is 28.6 Å². The van der Waals surface area contributed by atoms with Crippen molar-refractivity contribution in [1.82, 2.24) is 4.89 Å². The molecule has 7 heteroatoms. The summed E-state index contributed by atoms with van der Waals surface area (Å²) >= 11 is 5.75. The first-order chi connectivity index (χ1) is 10.1. The van der Waals surface area contributed by atoms with E-state index in [1.54, 1.807) is 30.5 Å². The molecule has 0 fully saturated rings. The van der Waals surface area contributed by atoms with Gasteiger partial charge < -0.3 is 4.42 Å². The fraction of sp³-hybridized carbons (Fsp3) is 0.286. The number of furan rings is 1. The van der Waals surface area contributed by atoms with Gasteiger partial charge >= 0.3 is 0 Å². The molecule has 0 atom stereocenters. The van der Waals surface area contributed by atoms with E-state index in [1.165, 1.54) is 0 Å². The molecule has 2 rings (SSSR count). The van der Waals surface area contributed by atoms with E-state index >= 15 is 0 Å². The number of nitrogens with one attached hydrogen (secondary N) is 1. The number of hydrogen-bond acceptors (Lipinski definition) is 4. The minimum absolute atomic E-state index is 0.150. The zero-order valence-corrected chi connectivity index (χ0v) is 12.9. The maximum absolute atomic E-state index is 11.8. The lowest BCUT2D eigenvalue weighted by Gasteiger charge is -2.07. The normalized spacial score (nSPS) is 11.7. The standard InChI is InChI=1S/C14H16ClNO4S/c15-13-7-5-12(6-8-13)11-21(17,18)16-20-10-2-4-14-3-1-9-19-14/h1,3,5-9,16H,2,4,10-11H2. The minimum Gasteiger partial charge on any atom is -0.469 e. The Kier molecular flexibility index (Phi) is 5.81. The lowest BCUT2D eigenvalue weighted by atomic mass is 10.2. The van der Waals surface area contributed by atoms with Crippen LogP contribution in [0.1, 0.15) is 17.7 Å². The maximum atomic E-state index is 11.8. The van der Waals surface area contributed by atoms with E-state index in [1.807, 2.05) is 12.1 Å². The summed E-state index contributed by atoms with van der Waals surface area (Å²) in [5, 5.41) is 0.568. The molecule has 0 spiro atoms. The van der Waals surface area contributed by atoms with Crippen LogP contribution in [0.3, 0.4) is 0 Å². The second-order valence-corrected chi connectivity index (χ2v) is 6.62. The van der Waals surface area contributed by atoms with E-state index in [0.29, 0.717) is 23.4 Å². The van der Waals surface area contributed by atoms with Crippen molar-refractivity contribution in [2.24, 2.45) is 0 Å². The smallest absolute Gasteiger partial charge is 0.237 e. The van der Waals surface area contributed by atoms with Gasteiger partial charge in [-0.15, -0.1) is 0 Å². The third-order valence-electron chi connectivity index (χ3n) is 2.71. The van der Waals surface area contributed by atoms with Gasteiger partial charge in [-0.05, 0) is 36.2 Å². The van der Waals surface area contributed by atoms with Crippen LogP contribution >= 0.6 is 11.6 Å². The number of aryl methyl sites for hydroxylation is 1. The molecule has 1 heterocycles. The minimum atomic E-state index is -3.52. The quantitative estimate of drug-likeness (QED) is 0.597. The highest BCUT2D eigenvalue weighted by atomic mass is 35.5. The van der Waals surface area contributed by atoms with Gasteiger partial charge in [-0.25, -0.2) is 8.42 Å². The van der Waals surface area contributed by atoms with Crippen molar-refractivity contribution < 1.29 is 17.7 Å². The van der Waals surface area contributed by atoms with Crippen molar-refractivity contribution in [3.8, 4) is 0 Å². The number of hydrogen-bond donors (Lipinski definition) is 1. The second kappa shape index (κ2) is 7.61. The molecule has 0 saturated carbocycles. The summed E-state index contributed by atoms with van der Waals surface area (Å²) in [6.07, 6.45) is 2.97. The van der Waals surface area contributed by atoms with E-state index in [0.717, 1.165) is 5.76 Å². The summed E-state index contributed by atoms with van der Waals surface area (Å²) in [6.45, 7) is 0.278. The fourth-order valence-corrected chi connectivity index (χ4v) is 2.81. The van der Waals surface area contributed by atoms with Gasteiger partial charge in [0.15, 0.2) is 0 Å². The summed E-state index contributed by atoms with van der Waals surface area (Å²) in [5.41, 5.74) is 0.645. The molecule has 0 aliphatic carbocycles. The maximum Gasteiger partial charge on any atom is 0.237 e. The monoisotopic (exact) mass is 329 g/mol. The molecule has 0 amide bonds. The molecule has 0 radical (unpaired) electrons. The van der Waals surface area contributed by atoms with E-state index in [-0.39, 0.29) is 12.4 Å². The molecule has 0 bridgehead atoms. The van der Waals surface area contributed by atoms with Crippen molar-refractivity contribution in [1.29, 1.82) is 0 Å². The van der Waals surface area contributed by atoms with Crippen LogP contribution in [0.15, 0.2) is 47.1 Å². The van der Waals surface area contributed by atoms with Gasteiger partial charge in [0.05, 0.1) is 18.6 Å². The molecule has 2 aromatic rings. The van der Waals surface area contributed by atoms with Crippen LogP contribution in [0.25, 0.3) is 0 Å². The number of rotatable bonds is 8. The van der Waals surface area contributed by atoms with Crippen LogP contribution in [0, 0.1) is 0 Å². The first kappa shape index (κ1) is 16.0. The lowest BCUT2D eigenvalue weighted by molar-refractivity contribution is 0.0904. The Morgan fingerprint density at radius 2 is 1.95 bits per heavy atom. The van der Waals surface area contributed by atoms with E-state index in [9.17, 15) is 8.42 Å². The Morgan fingerprint density at radius 1 is 1.19 bits per heavy atom. The summed E-state index contributed by atoms with van der Waals surface area (Å²) in [6, 6.07) is 10.3. The Morgan fingerprint density at radius 3 is 2.62 bits per heavy atom. The summed E-state index contributed by atoms with van der Waals surface area (Å²) < 4.78 is 28.7. The number of benzene rings is 1. The predicted molar refractivity (Wildman–Crippen MR) is 80.2 cm³/mol. The van der Waals surface area contributed by atoms with Crippen LogP contribution < -0.4 is 4.89 Å². The predicted octanol–water partition coefficient (Wildman–Crippen LogP) is 2.92. The van der Waals surface area contributed by atoms with Crippen molar-refractivity contribution in [2.75, 3.05) is 6.61 Å². The van der Waals surface area contributed by atoms with Gasteiger partial charge in [-0.3, -0.25) is 4.84 Å². The Bertz CT molecular complexity index is 638. The molecule has 0 aliphatic rings. The lowest BCUT2D eigenvalue weighted by Crippen LogP contribution is -2.26. The molecule has 1 aromatic carbocycles. The Labute approximate surface area is 128 Å². The highest BCUT2D eigenvalue weighted by Crippen LogP contribution is 2.11. The van der Waals surface area contributed by atoms with Crippen molar-refractivity contribution in [3.05, 3.63) is 59.0 Å². The molecule has 0 aliphatic heterocycles. The second-order valence-electron chi connectivity index (χ2n) is 4.50. The van der Waals surface area contributed by atoms with E-state index < -0.39 is 10.0 Å². The van der Waals surface area contributed by atoms with Gasteiger partial charge in [0.25, 0.3) is 0 Å². The first-order valence-corrected chi connectivity index (χ1v) is 8.46. The molecule has 1 N–H and O–H groups in total. The van der Waals surface area contributed by atoms with Crippen molar-refractivity contribution in [2.45, 2.75) is 18.6 Å². The molecule has 21 heavy (non-hydrogen) atoms. The number of sulfonamides is 1. The summed E-state index contributed by atoms with van der Waals surface area (Å²) in [7, 11) is -3.52. The molecular formula is C14H16ClNO4S. The van der Waals surface area contributed by atoms with Crippen LogP contribution in [0.4, 0.5) is 0 Å². The SMILES string of the molecule is O=S(=O)(Cc1ccc(Cl)cc1)NOCCCc1ccco1. The van der Waals surface area contributed by atoms with Crippen LogP contribution in [-0.4, -0.2) is 15.0 Å². The van der Waals surface area contributed by atoms with Gasteiger partial charge in [0.1, 0.15) is 5.76 Å². The largest absolute Gasteiger partial charge is 0.469 e. The highest BCUT2D eigenvalue weighted by molar-refractivity contribution is 7.88. The average Bonchev–Trinajstić information content (AvgIpc) is 2.94. The summed E-state index contributed by atoms with van der Waals surface area (Å²) in [5.74, 6) is 0.699. The molecule has 0 unspecified atom stereocenters. The first-order valence-electron chi connectivity index (χ1n) is 6.43. The zero-order valence-electron chi connectivity index (χ0n) is 11.3. The molecule has 0 saturated heterocycles. The Balaban J connectivity index is 1.70. The third kappa shape index (κ3) is 5.89. The molecule has 114 valence electrons.